The Morgan fingerprint density at radius 3 is 2.80 bits per heavy atom. The van der Waals surface area contributed by atoms with Crippen LogP contribution in [0.15, 0.2) is 28.8 Å². The molecule has 0 spiro atoms. The molecule has 0 amide bonds. The summed E-state index contributed by atoms with van der Waals surface area (Å²) in [7, 11) is 0. The first-order valence-corrected chi connectivity index (χ1v) is 4.53. The van der Waals surface area contributed by atoms with Crippen LogP contribution in [0.4, 0.5) is 4.39 Å². The molecule has 4 heteroatoms. The summed E-state index contributed by atoms with van der Waals surface area (Å²) < 4.78 is 18.1. The molecule has 0 aliphatic rings. The van der Waals surface area contributed by atoms with Crippen LogP contribution in [-0.4, -0.2) is 10.3 Å². The highest BCUT2D eigenvalue weighted by Crippen LogP contribution is 2.21. The zero-order valence-electron chi connectivity index (χ0n) is 8.20. The number of nitrogens with zero attached hydrogens (tertiary/aromatic N) is 1. The number of hydrogen-bond donors (Lipinski definition) is 1. The quantitative estimate of drug-likeness (QED) is 0.821. The van der Waals surface area contributed by atoms with E-state index in [1.165, 1.54) is 6.07 Å². The van der Waals surface area contributed by atoms with E-state index in [-0.39, 0.29) is 12.4 Å². The first-order chi connectivity index (χ1) is 7.20. The van der Waals surface area contributed by atoms with E-state index in [1.807, 2.05) is 0 Å². The minimum atomic E-state index is -0.277. The zero-order chi connectivity index (χ0) is 10.8. The van der Waals surface area contributed by atoms with Crippen LogP contribution in [0.1, 0.15) is 11.3 Å². The fourth-order valence-electron chi connectivity index (χ4n) is 1.28. The standard InChI is InChI=1S/C11H10FNO2/c1-7-2-3-8(4-10(7)12)11-5-9(6-14)15-13-11/h2-5,14H,6H2,1H3. The van der Waals surface area contributed by atoms with Crippen LogP contribution in [0.25, 0.3) is 11.3 Å². The Labute approximate surface area is 86.1 Å². The molecule has 0 radical (unpaired) electrons. The number of aryl methyl sites for hydroxylation is 1. The molecule has 2 aromatic rings. The lowest BCUT2D eigenvalue weighted by Crippen LogP contribution is -1.84. The summed E-state index contributed by atoms with van der Waals surface area (Å²) in [6.45, 7) is 1.49. The van der Waals surface area contributed by atoms with Gasteiger partial charge in [0.15, 0.2) is 5.76 Å². The van der Waals surface area contributed by atoms with Gasteiger partial charge in [-0.1, -0.05) is 17.3 Å². The van der Waals surface area contributed by atoms with Gasteiger partial charge in [-0.15, -0.1) is 0 Å². The Morgan fingerprint density at radius 2 is 2.20 bits per heavy atom. The van der Waals surface area contributed by atoms with E-state index in [9.17, 15) is 4.39 Å². The molecule has 2 rings (SSSR count). The number of aliphatic hydroxyl groups is 1. The third-order valence-electron chi connectivity index (χ3n) is 2.18. The lowest BCUT2D eigenvalue weighted by Gasteiger charge is -1.98. The van der Waals surface area contributed by atoms with Gasteiger partial charge in [0.1, 0.15) is 18.1 Å². The van der Waals surface area contributed by atoms with E-state index in [1.54, 1.807) is 25.1 Å². The second-order valence-electron chi connectivity index (χ2n) is 3.30. The summed E-state index contributed by atoms with van der Waals surface area (Å²) in [6.07, 6.45) is 0. The van der Waals surface area contributed by atoms with Crippen LogP contribution < -0.4 is 0 Å². The van der Waals surface area contributed by atoms with Gasteiger partial charge >= 0.3 is 0 Å². The summed E-state index contributed by atoms with van der Waals surface area (Å²) in [5.41, 5.74) is 1.75. The second-order valence-corrected chi connectivity index (χ2v) is 3.30. The van der Waals surface area contributed by atoms with E-state index in [0.717, 1.165) is 0 Å². The van der Waals surface area contributed by atoms with Crippen molar-refractivity contribution >= 4 is 0 Å². The molecule has 0 unspecified atom stereocenters. The van der Waals surface area contributed by atoms with E-state index in [2.05, 4.69) is 5.16 Å². The van der Waals surface area contributed by atoms with Crippen LogP contribution in [0.3, 0.4) is 0 Å². The van der Waals surface area contributed by atoms with Gasteiger partial charge in [-0.05, 0) is 18.6 Å². The van der Waals surface area contributed by atoms with E-state index in [4.69, 9.17) is 9.63 Å². The molecular weight excluding hydrogens is 197 g/mol. The van der Waals surface area contributed by atoms with Gasteiger partial charge in [0.05, 0.1) is 0 Å². The van der Waals surface area contributed by atoms with Gasteiger partial charge in [-0.3, -0.25) is 0 Å². The van der Waals surface area contributed by atoms with Gasteiger partial charge in [-0.25, -0.2) is 4.39 Å². The third-order valence-corrected chi connectivity index (χ3v) is 2.18. The highest BCUT2D eigenvalue weighted by atomic mass is 19.1. The number of hydrogen-bond acceptors (Lipinski definition) is 3. The van der Waals surface area contributed by atoms with Gasteiger partial charge in [0.2, 0.25) is 0 Å². The summed E-state index contributed by atoms with van der Waals surface area (Å²) in [5, 5.41) is 12.5. The van der Waals surface area contributed by atoms with Crippen LogP contribution in [0, 0.1) is 12.7 Å². The van der Waals surface area contributed by atoms with Crippen molar-refractivity contribution in [2.45, 2.75) is 13.5 Å². The zero-order valence-corrected chi connectivity index (χ0v) is 8.20. The molecule has 15 heavy (non-hydrogen) atoms. The molecule has 0 aliphatic heterocycles. The Bertz CT molecular complexity index is 479. The molecule has 3 nitrogen and oxygen atoms in total. The van der Waals surface area contributed by atoms with Crippen LogP contribution >= 0.6 is 0 Å². The van der Waals surface area contributed by atoms with E-state index in [0.29, 0.717) is 22.6 Å². The van der Waals surface area contributed by atoms with Gasteiger partial charge in [0.25, 0.3) is 0 Å². The first kappa shape index (κ1) is 9.86. The molecule has 0 bridgehead atoms. The van der Waals surface area contributed by atoms with Crippen LogP contribution in [0.2, 0.25) is 0 Å². The average Bonchev–Trinajstić information content (AvgIpc) is 2.70. The van der Waals surface area contributed by atoms with Crippen molar-refractivity contribution in [1.82, 2.24) is 5.16 Å². The van der Waals surface area contributed by atoms with Crippen molar-refractivity contribution in [3.63, 3.8) is 0 Å². The predicted octanol–water partition coefficient (Wildman–Crippen LogP) is 2.28. The Morgan fingerprint density at radius 1 is 1.40 bits per heavy atom. The average molecular weight is 207 g/mol. The molecule has 1 aromatic heterocycles. The van der Waals surface area contributed by atoms with Crippen LogP contribution in [-0.2, 0) is 6.61 Å². The predicted molar refractivity (Wildman–Crippen MR) is 52.6 cm³/mol. The fourth-order valence-corrected chi connectivity index (χ4v) is 1.28. The third kappa shape index (κ3) is 1.89. The molecule has 78 valence electrons. The van der Waals surface area contributed by atoms with Crippen molar-refractivity contribution in [1.29, 1.82) is 0 Å². The van der Waals surface area contributed by atoms with Crippen molar-refractivity contribution in [3.05, 3.63) is 41.4 Å². The summed E-state index contributed by atoms with van der Waals surface area (Å²) in [6, 6.07) is 6.42. The highest BCUT2D eigenvalue weighted by molar-refractivity contribution is 5.59. The molecule has 0 aliphatic carbocycles. The lowest BCUT2D eigenvalue weighted by molar-refractivity contribution is 0.229. The maximum atomic E-state index is 13.2. The highest BCUT2D eigenvalue weighted by Gasteiger charge is 2.07. The minimum Gasteiger partial charge on any atom is -0.388 e. The number of halogens is 1. The number of aromatic nitrogens is 1. The molecular formula is C11H10FNO2. The van der Waals surface area contributed by atoms with E-state index >= 15 is 0 Å². The molecule has 1 heterocycles. The molecule has 0 atom stereocenters. The summed E-state index contributed by atoms with van der Waals surface area (Å²) in [5.74, 6) is 0.0898. The Kier molecular flexibility index (Phi) is 2.51. The Hall–Kier alpha value is -1.68. The van der Waals surface area contributed by atoms with Crippen LogP contribution in [0.5, 0.6) is 0 Å². The number of rotatable bonds is 2. The van der Waals surface area contributed by atoms with Gasteiger partial charge < -0.3 is 9.63 Å². The normalized spacial score (nSPS) is 10.6. The van der Waals surface area contributed by atoms with E-state index < -0.39 is 0 Å². The first-order valence-electron chi connectivity index (χ1n) is 4.53. The topological polar surface area (TPSA) is 46.3 Å². The Balaban J connectivity index is 2.40. The molecule has 0 saturated heterocycles. The summed E-state index contributed by atoms with van der Waals surface area (Å²) >= 11 is 0. The smallest absolute Gasteiger partial charge is 0.162 e. The molecule has 0 saturated carbocycles. The fraction of sp³-hybridized carbons (Fsp3) is 0.182. The molecule has 0 fully saturated rings. The lowest BCUT2D eigenvalue weighted by atomic mass is 10.1. The minimum absolute atomic E-state index is 0.207. The number of aliphatic hydroxyl groups excluding tert-OH is 1. The van der Waals surface area contributed by atoms with Crippen molar-refractivity contribution < 1.29 is 14.0 Å². The molecule has 1 aromatic carbocycles. The molecule has 1 N–H and O–H groups in total. The monoisotopic (exact) mass is 207 g/mol. The van der Waals surface area contributed by atoms with Crippen molar-refractivity contribution in [2.24, 2.45) is 0 Å². The van der Waals surface area contributed by atoms with Gasteiger partial charge in [0, 0.05) is 11.6 Å². The maximum absolute atomic E-state index is 13.2. The number of benzene rings is 1. The maximum Gasteiger partial charge on any atom is 0.162 e. The summed E-state index contributed by atoms with van der Waals surface area (Å²) in [4.78, 5) is 0. The van der Waals surface area contributed by atoms with Crippen molar-refractivity contribution in [3.8, 4) is 11.3 Å². The van der Waals surface area contributed by atoms with Crippen molar-refractivity contribution in [2.75, 3.05) is 0 Å². The SMILES string of the molecule is Cc1ccc(-c2cc(CO)on2)cc1F. The van der Waals surface area contributed by atoms with Gasteiger partial charge in [-0.2, -0.15) is 0 Å². The largest absolute Gasteiger partial charge is 0.388 e. The second kappa shape index (κ2) is 3.82.